The van der Waals surface area contributed by atoms with Crippen LogP contribution in [0.4, 0.5) is 0 Å². The second-order valence-electron chi connectivity index (χ2n) is 3.69. The van der Waals surface area contributed by atoms with Gasteiger partial charge < -0.3 is 5.32 Å². The summed E-state index contributed by atoms with van der Waals surface area (Å²) < 4.78 is 0. The molecule has 3 heteroatoms. The molecule has 0 aromatic heterocycles. The third-order valence-electron chi connectivity index (χ3n) is 2.42. The highest BCUT2D eigenvalue weighted by molar-refractivity contribution is 9.09. The van der Waals surface area contributed by atoms with Crippen molar-refractivity contribution in [1.82, 2.24) is 5.32 Å². The Morgan fingerprint density at radius 3 is 2.93 bits per heavy atom. The minimum Gasteiger partial charge on any atom is -0.353 e. The standard InChI is InChI=1S/C11H18BrNO/c12-9-5-4-8-11(14)13-10-6-2-1-3-7-10/h1-2,10H,3-9H2,(H,13,14). The van der Waals surface area contributed by atoms with Gasteiger partial charge in [0, 0.05) is 17.8 Å². The SMILES string of the molecule is O=C(CCCCBr)NC1CC=CCC1. The Bertz CT molecular complexity index is 203. The van der Waals surface area contributed by atoms with Gasteiger partial charge in [-0.2, -0.15) is 0 Å². The molecule has 0 saturated heterocycles. The van der Waals surface area contributed by atoms with Crippen LogP contribution in [-0.2, 0) is 4.79 Å². The van der Waals surface area contributed by atoms with Gasteiger partial charge in [-0.25, -0.2) is 0 Å². The van der Waals surface area contributed by atoms with Gasteiger partial charge in [0.1, 0.15) is 0 Å². The maximum absolute atomic E-state index is 11.4. The van der Waals surface area contributed by atoms with Gasteiger partial charge in [0.15, 0.2) is 0 Å². The van der Waals surface area contributed by atoms with E-state index in [-0.39, 0.29) is 5.91 Å². The molecule has 1 amide bonds. The molecular weight excluding hydrogens is 242 g/mol. The van der Waals surface area contributed by atoms with E-state index in [1.165, 1.54) is 0 Å². The van der Waals surface area contributed by atoms with Crippen molar-refractivity contribution in [3.05, 3.63) is 12.2 Å². The average Bonchev–Trinajstić information content (AvgIpc) is 2.20. The molecule has 0 saturated carbocycles. The van der Waals surface area contributed by atoms with Crippen molar-refractivity contribution in [3.8, 4) is 0 Å². The lowest BCUT2D eigenvalue weighted by molar-refractivity contribution is -0.121. The lowest BCUT2D eigenvalue weighted by Gasteiger charge is -2.19. The van der Waals surface area contributed by atoms with Crippen molar-refractivity contribution in [2.45, 2.75) is 44.6 Å². The molecule has 0 heterocycles. The average molecular weight is 260 g/mol. The van der Waals surface area contributed by atoms with E-state index in [0.29, 0.717) is 12.5 Å². The molecule has 80 valence electrons. The molecule has 1 unspecified atom stereocenters. The maximum Gasteiger partial charge on any atom is 0.220 e. The summed E-state index contributed by atoms with van der Waals surface area (Å²) in [5, 5.41) is 4.06. The Kier molecular flexibility index (Phi) is 5.92. The Labute approximate surface area is 94.3 Å². The first-order valence-electron chi connectivity index (χ1n) is 5.33. The predicted molar refractivity (Wildman–Crippen MR) is 62.6 cm³/mol. The zero-order chi connectivity index (χ0) is 10.2. The van der Waals surface area contributed by atoms with Gasteiger partial charge in [-0.1, -0.05) is 28.1 Å². The zero-order valence-corrected chi connectivity index (χ0v) is 10.1. The predicted octanol–water partition coefficient (Wildman–Crippen LogP) is 2.78. The Morgan fingerprint density at radius 2 is 2.29 bits per heavy atom. The van der Waals surface area contributed by atoms with Gasteiger partial charge in [-0.05, 0) is 32.1 Å². The number of carbonyl (C=O) groups excluding carboxylic acids is 1. The maximum atomic E-state index is 11.4. The first-order valence-corrected chi connectivity index (χ1v) is 6.45. The normalized spacial score (nSPS) is 20.8. The van der Waals surface area contributed by atoms with Crippen LogP contribution in [0.1, 0.15) is 38.5 Å². The summed E-state index contributed by atoms with van der Waals surface area (Å²) in [5.74, 6) is 0.214. The molecule has 1 N–H and O–H groups in total. The van der Waals surface area contributed by atoms with E-state index in [4.69, 9.17) is 0 Å². The van der Waals surface area contributed by atoms with Gasteiger partial charge in [-0.3, -0.25) is 4.79 Å². The fraction of sp³-hybridized carbons (Fsp3) is 0.727. The van der Waals surface area contributed by atoms with Crippen LogP contribution in [0.15, 0.2) is 12.2 Å². The van der Waals surface area contributed by atoms with E-state index < -0.39 is 0 Å². The summed E-state index contributed by atoms with van der Waals surface area (Å²) in [7, 11) is 0. The van der Waals surface area contributed by atoms with Gasteiger partial charge in [0.05, 0.1) is 0 Å². The molecule has 1 atom stereocenters. The molecule has 0 aliphatic heterocycles. The van der Waals surface area contributed by atoms with Crippen LogP contribution in [0.25, 0.3) is 0 Å². The van der Waals surface area contributed by atoms with Crippen LogP contribution in [0.3, 0.4) is 0 Å². The molecule has 1 aliphatic carbocycles. The van der Waals surface area contributed by atoms with E-state index in [1.54, 1.807) is 0 Å². The smallest absolute Gasteiger partial charge is 0.220 e. The lowest BCUT2D eigenvalue weighted by Crippen LogP contribution is -2.35. The molecule has 0 spiro atoms. The van der Waals surface area contributed by atoms with Crippen LogP contribution in [0.5, 0.6) is 0 Å². The quantitative estimate of drug-likeness (QED) is 0.459. The molecule has 1 rings (SSSR count). The lowest BCUT2D eigenvalue weighted by atomic mass is 10.0. The van der Waals surface area contributed by atoms with Crippen LogP contribution in [0, 0.1) is 0 Å². The van der Waals surface area contributed by atoms with Crippen LogP contribution in [0.2, 0.25) is 0 Å². The highest BCUT2D eigenvalue weighted by Crippen LogP contribution is 2.10. The summed E-state index contributed by atoms with van der Waals surface area (Å²) in [6.07, 6.45) is 10.3. The molecule has 0 bridgehead atoms. The van der Waals surface area contributed by atoms with Crippen molar-refractivity contribution in [2.75, 3.05) is 5.33 Å². The molecular formula is C11H18BrNO. The van der Waals surface area contributed by atoms with Gasteiger partial charge in [0.2, 0.25) is 5.91 Å². The Morgan fingerprint density at radius 1 is 1.43 bits per heavy atom. The number of unbranched alkanes of at least 4 members (excludes halogenated alkanes) is 1. The number of rotatable bonds is 5. The third kappa shape index (κ3) is 4.80. The van der Waals surface area contributed by atoms with Gasteiger partial charge >= 0.3 is 0 Å². The summed E-state index contributed by atoms with van der Waals surface area (Å²) in [6.45, 7) is 0. The van der Waals surface area contributed by atoms with Crippen LogP contribution < -0.4 is 5.32 Å². The van der Waals surface area contributed by atoms with E-state index >= 15 is 0 Å². The number of amides is 1. The largest absolute Gasteiger partial charge is 0.353 e. The number of carbonyl (C=O) groups is 1. The number of nitrogens with one attached hydrogen (secondary N) is 1. The Hall–Kier alpha value is -0.310. The van der Waals surface area contributed by atoms with Crippen molar-refractivity contribution in [3.63, 3.8) is 0 Å². The minimum absolute atomic E-state index is 0.214. The number of alkyl halides is 1. The fourth-order valence-electron chi connectivity index (χ4n) is 1.60. The van der Waals surface area contributed by atoms with Gasteiger partial charge in [-0.15, -0.1) is 0 Å². The second kappa shape index (κ2) is 7.04. The summed E-state index contributed by atoms with van der Waals surface area (Å²) in [5.41, 5.74) is 0. The zero-order valence-electron chi connectivity index (χ0n) is 8.47. The van der Waals surface area contributed by atoms with E-state index in [1.807, 2.05) is 0 Å². The molecule has 0 aromatic carbocycles. The first-order chi connectivity index (χ1) is 6.83. The van der Waals surface area contributed by atoms with Crippen molar-refractivity contribution >= 4 is 21.8 Å². The summed E-state index contributed by atoms with van der Waals surface area (Å²) >= 11 is 3.36. The number of hydrogen-bond acceptors (Lipinski definition) is 1. The second-order valence-corrected chi connectivity index (χ2v) is 4.49. The van der Waals surface area contributed by atoms with Gasteiger partial charge in [0.25, 0.3) is 0 Å². The highest BCUT2D eigenvalue weighted by Gasteiger charge is 2.11. The molecule has 14 heavy (non-hydrogen) atoms. The van der Waals surface area contributed by atoms with E-state index in [2.05, 4.69) is 33.4 Å². The molecule has 0 radical (unpaired) electrons. The molecule has 0 fully saturated rings. The monoisotopic (exact) mass is 259 g/mol. The van der Waals surface area contributed by atoms with E-state index in [0.717, 1.165) is 37.4 Å². The molecule has 0 aromatic rings. The summed E-state index contributed by atoms with van der Waals surface area (Å²) in [4.78, 5) is 11.4. The van der Waals surface area contributed by atoms with Crippen LogP contribution >= 0.6 is 15.9 Å². The van der Waals surface area contributed by atoms with Crippen molar-refractivity contribution in [1.29, 1.82) is 0 Å². The third-order valence-corrected chi connectivity index (χ3v) is 2.98. The number of halogens is 1. The minimum atomic E-state index is 0.214. The van der Waals surface area contributed by atoms with Crippen molar-refractivity contribution in [2.24, 2.45) is 0 Å². The summed E-state index contributed by atoms with van der Waals surface area (Å²) in [6, 6.07) is 0.386. The van der Waals surface area contributed by atoms with Crippen LogP contribution in [-0.4, -0.2) is 17.3 Å². The van der Waals surface area contributed by atoms with Crippen molar-refractivity contribution < 1.29 is 4.79 Å². The van der Waals surface area contributed by atoms with E-state index in [9.17, 15) is 4.79 Å². The topological polar surface area (TPSA) is 29.1 Å². The number of hydrogen-bond donors (Lipinski definition) is 1. The molecule has 1 aliphatic rings. The first kappa shape index (κ1) is 11.8. The number of allylic oxidation sites excluding steroid dienone is 1. The molecule has 2 nitrogen and oxygen atoms in total. The Balaban J connectivity index is 2.10. The highest BCUT2D eigenvalue weighted by atomic mass is 79.9. The fourth-order valence-corrected chi connectivity index (χ4v) is 2.00.